The van der Waals surface area contributed by atoms with E-state index in [4.69, 9.17) is 5.73 Å². The number of nitrogens with zero attached hydrogens (tertiary/aromatic N) is 2. The van der Waals surface area contributed by atoms with Crippen LogP contribution in [-0.4, -0.2) is 21.6 Å². The fourth-order valence-corrected chi connectivity index (χ4v) is 1.30. The molecule has 0 aromatic carbocycles. The van der Waals surface area contributed by atoms with Crippen molar-refractivity contribution in [1.29, 1.82) is 0 Å². The summed E-state index contributed by atoms with van der Waals surface area (Å²) < 4.78 is 1.60. The van der Waals surface area contributed by atoms with E-state index in [1.54, 1.807) is 18.7 Å². The number of hydrogen-bond donors (Lipinski definition) is 1. The Morgan fingerprint density at radius 3 is 2.40 bits per heavy atom. The number of Topliss-reactive ketones (excluding diaryl/α,β-unsaturated/α-hetero) is 1. The molecule has 0 radical (unpaired) electrons. The summed E-state index contributed by atoms with van der Waals surface area (Å²) in [7, 11) is 1.77. The predicted molar refractivity (Wildman–Crippen MR) is 59.9 cm³/mol. The maximum Gasteiger partial charge on any atom is 0.197 e. The zero-order valence-corrected chi connectivity index (χ0v) is 10.0. The molecule has 1 aromatic rings. The van der Waals surface area contributed by atoms with Crippen molar-refractivity contribution in [3.05, 3.63) is 17.5 Å². The van der Waals surface area contributed by atoms with E-state index in [9.17, 15) is 4.79 Å². The number of nitrogens with two attached hydrogens (primary N) is 1. The molecule has 15 heavy (non-hydrogen) atoms. The van der Waals surface area contributed by atoms with Gasteiger partial charge in [-0.05, 0) is 13.0 Å². The van der Waals surface area contributed by atoms with Gasteiger partial charge in [0.25, 0.3) is 0 Å². The van der Waals surface area contributed by atoms with Gasteiger partial charge in [0.15, 0.2) is 5.78 Å². The van der Waals surface area contributed by atoms with Crippen molar-refractivity contribution in [3.8, 4) is 0 Å². The highest BCUT2D eigenvalue weighted by atomic mass is 16.1. The maximum atomic E-state index is 11.7. The average Bonchev–Trinajstić information content (AvgIpc) is 2.45. The number of hydrogen-bond acceptors (Lipinski definition) is 3. The molecule has 0 aliphatic rings. The van der Waals surface area contributed by atoms with E-state index in [1.165, 1.54) is 0 Å². The lowest BCUT2D eigenvalue weighted by molar-refractivity contribution is 0.0958. The zero-order valence-electron chi connectivity index (χ0n) is 10.0. The van der Waals surface area contributed by atoms with Crippen LogP contribution in [0.1, 0.15) is 43.9 Å². The van der Waals surface area contributed by atoms with Crippen molar-refractivity contribution in [2.24, 2.45) is 12.8 Å². The van der Waals surface area contributed by atoms with Crippen LogP contribution in [0.4, 0.5) is 0 Å². The first kappa shape index (κ1) is 11.9. The van der Waals surface area contributed by atoms with E-state index < -0.39 is 6.04 Å². The Kier molecular flexibility index (Phi) is 3.00. The van der Waals surface area contributed by atoms with E-state index in [2.05, 4.69) is 25.9 Å². The summed E-state index contributed by atoms with van der Waals surface area (Å²) in [6.07, 6.45) is 0. The molecule has 0 aliphatic heterocycles. The van der Waals surface area contributed by atoms with Crippen molar-refractivity contribution in [2.75, 3.05) is 0 Å². The van der Waals surface area contributed by atoms with E-state index in [1.807, 2.05) is 6.07 Å². The van der Waals surface area contributed by atoms with Crippen LogP contribution in [0.5, 0.6) is 0 Å². The lowest BCUT2D eigenvalue weighted by Crippen LogP contribution is -2.28. The van der Waals surface area contributed by atoms with Gasteiger partial charge in [-0.3, -0.25) is 9.48 Å². The second kappa shape index (κ2) is 3.77. The smallest absolute Gasteiger partial charge is 0.197 e. The van der Waals surface area contributed by atoms with E-state index in [0.717, 1.165) is 5.69 Å². The standard InChI is InChI=1S/C11H19N3O/c1-7(12)10(15)8-6-9(11(2,3)4)13-14(8)5/h6-7H,12H2,1-5H3. The van der Waals surface area contributed by atoms with Crippen molar-refractivity contribution < 1.29 is 4.79 Å². The van der Waals surface area contributed by atoms with Crippen LogP contribution < -0.4 is 5.73 Å². The van der Waals surface area contributed by atoms with E-state index >= 15 is 0 Å². The molecule has 0 fully saturated rings. The third-order valence-electron chi connectivity index (χ3n) is 2.31. The van der Waals surface area contributed by atoms with E-state index in [0.29, 0.717) is 5.69 Å². The normalized spacial score (nSPS) is 14.0. The molecule has 1 heterocycles. The molecular weight excluding hydrogens is 190 g/mol. The van der Waals surface area contributed by atoms with Gasteiger partial charge in [-0.1, -0.05) is 20.8 Å². The summed E-state index contributed by atoms with van der Waals surface area (Å²) in [5, 5.41) is 4.33. The molecule has 0 spiro atoms. The fourth-order valence-electron chi connectivity index (χ4n) is 1.30. The number of rotatable bonds is 2. The molecule has 0 bridgehead atoms. The molecule has 1 aromatic heterocycles. The molecule has 0 aliphatic carbocycles. The molecule has 0 saturated heterocycles. The van der Waals surface area contributed by atoms with Gasteiger partial charge in [-0.15, -0.1) is 0 Å². The van der Waals surface area contributed by atoms with Crippen LogP contribution in [0.15, 0.2) is 6.07 Å². The summed E-state index contributed by atoms with van der Waals surface area (Å²) in [4.78, 5) is 11.7. The van der Waals surface area contributed by atoms with Gasteiger partial charge < -0.3 is 5.73 Å². The fraction of sp³-hybridized carbons (Fsp3) is 0.636. The second-order valence-electron chi connectivity index (χ2n) is 4.94. The minimum Gasteiger partial charge on any atom is -0.321 e. The third-order valence-corrected chi connectivity index (χ3v) is 2.31. The number of ketones is 1. The molecule has 2 N–H and O–H groups in total. The minimum atomic E-state index is -0.479. The topological polar surface area (TPSA) is 60.9 Å². The van der Waals surface area contributed by atoms with Crippen LogP contribution >= 0.6 is 0 Å². The van der Waals surface area contributed by atoms with Crippen LogP contribution in [0.3, 0.4) is 0 Å². The van der Waals surface area contributed by atoms with Crippen LogP contribution in [0.25, 0.3) is 0 Å². The van der Waals surface area contributed by atoms with Gasteiger partial charge >= 0.3 is 0 Å². The first-order valence-corrected chi connectivity index (χ1v) is 5.08. The highest BCUT2D eigenvalue weighted by Gasteiger charge is 2.22. The molecule has 1 rings (SSSR count). The third kappa shape index (κ3) is 2.45. The Labute approximate surface area is 90.5 Å². The predicted octanol–water partition coefficient (Wildman–Crippen LogP) is 1.25. The lowest BCUT2D eigenvalue weighted by Gasteiger charge is -2.13. The number of carbonyl (C=O) groups is 1. The van der Waals surface area contributed by atoms with Crippen LogP contribution in [0.2, 0.25) is 0 Å². The van der Waals surface area contributed by atoms with Crippen LogP contribution in [0, 0.1) is 0 Å². The Bertz CT molecular complexity index is 372. The largest absolute Gasteiger partial charge is 0.321 e. The molecule has 84 valence electrons. The summed E-state index contributed by atoms with van der Waals surface area (Å²) in [6.45, 7) is 7.88. The number of aryl methyl sites for hydroxylation is 1. The highest BCUT2D eigenvalue weighted by Crippen LogP contribution is 2.21. The number of carbonyl (C=O) groups excluding carboxylic acids is 1. The van der Waals surface area contributed by atoms with Gasteiger partial charge in [-0.25, -0.2) is 0 Å². The summed E-state index contributed by atoms with van der Waals surface area (Å²) in [5.74, 6) is -0.0690. The first-order chi connectivity index (χ1) is 6.73. The zero-order chi connectivity index (χ0) is 11.8. The quantitative estimate of drug-likeness (QED) is 0.746. The van der Waals surface area contributed by atoms with Gasteiger partial charge in [0.2, 0.25) is 0 Å². The summed E-state index contributed by atoms with van der Waals surface area (Å²) >= 11 is 0. The molecular formula is C11H19N3O. The van der Waals surface area contributed by atoms with Gasteiger partial charge in [0, 0.05) is 12.5 Å². The van der Waals surface area contributed by atoms with E-state index in [-0.39, 0.29) is 11.2 Å². The number of aromatic nitrogens is 2. The van der Waals surface area contributed by atoms with Crippen molar-refractivity contribution in [1.82, 2.24) is 9.78 Å². The van der Waals surface area contributed by atoms with Crippen molar-refractivity contribution >= 4 is 5.78 Å². The molecule has 1 unspecified atom stereocenters. The highest BCUT2D eigenvalue weighted by molar-refractivity contribution is 5.98. The molecule has 0 amide bonds. The summed E-state index contributed by atoms with van der Waals surface area (Å²) in [6, 6.07) is 1.35. The Morgan fingerprint density at radius 1 is 1.53 bits per heavy atom. The molecule has 0 saturated carbocycles. The van der Waals surface area contributed by atoms with Gasteiger partial charge in [0.1, 0.15) is 5.69 Å². The Hall–Kier alpha value is -1.16. The average molecular weight is 209 g/mol. The molecule has 1 atom stereocenters. The van der Waals surface area contributed by atoms with Crippen LogP contribution in [-0.2, 0) is 12.5 Å². The minimum absolute atomic E-state index is 0.0475. The summed E-state index contributed by atoms with van der Waals surface area (Å²) in [5.41, 5.74) is 7.01. The van der Waals surface area contributed by atoms with Crippen molar-refractivity contribution in [2.45, 2.75) is 39.2 Å². The van der Waals surface area contributed by atoms with Gasteiger partial charge in [0.05, 0.1) is 11.7 Å². The Morgan fingerprint density at radius 2 is 2.07 bits per heavy atom. The SMILES string of the molecule is CC(N)C(=O)c1cc(C(C)(C)C)nn1C. The lowest BCUT2D eigenvalue weighted by atomic mass is 9.92. The first-order valence-electron chi connectivity index (χ1n) is 5.08. The Balaban J connectivity index is 3.13. The monoisotopic (exact) mass is 209 g/mol. The maximum absolute atomic E-state index is 11.7. The second-order valence-corrected chi connectivity index (χ2v) is 4.94. The van der Waals surface area contributed by atoms with Gasteiger partial charge in [-0.2, -0.15) is 5.10 Å². The molecule has 4 nitrogen and oxygen atoms in total. The van der Waals surface area contributed by atoms with Crippen molar-refractivity contribution in [3.63, 3.8) is 0 Å². The molecule has 4 heteroatoms.